The Morgan fingerprint density at radius 2 is 2.04 bits per heavy atom. The fraction of sp³-hybridized carbons (Fsp3) is 0.250. The second-order valence-electron chi connectivity index (χ2n) is 6.82. The average Bonchev–Trinajstić information content (AvgIpc) is 3.19. The Morgan fingerprint density at radius 3 is 2.74 bits per heavy atom. The Bertz CT molecular complexity index is 1090. The number of halogens is 2. The lowest BCUT2D eigenvalue weighted by atomic mass is 10.1. The van der Waals surface area contributed by atoms with E-state index in [4.69, 9.17) is 27.6 Å². The van der Waals surface area contributed by atoms with Crippen molar-refractivity contribution in [1.82, 2.24) is 4.98 Å². The number of nitrogens with zero attached hydrogens (tertiary/aromatic N) is 2. The van der Waals surface area contributed by atoms with Gasteiger partial charge in [0.1, 0.15) is 5.52 Å². The second kappa shape index (κ2) is 6.66. The molecule has 1 saturated heterocycles. The maximum absolute atomic E-state index is 12.3. The van der Waals surface area contributed by atoms with Gasteiger partial charge in [0, 0.05) is 18.7 Å². The summed E-state index contributed by atoms with van der Waals surface area (Å²) >= 11 is 11.9. The van der Waals surface area contributed by atoms with Gasteiger partial charge < -0.3 is 9.32 Å². The highest BCUT2D eigenvalue weighted by Crippen LogP contribution is 2.36. The number of anilines is 1. The third-order valence-electron chi connectivity index (χ3n) is 4.76. The number of carbonyl (C=O) groups is 2. The highest BCUT2D eigenvalue weighted by atomic mass is 35.5. The standard InChI is InChI=1S/C20H16Cl2N2O3/c1-10-5-11(2)18-16(6-10)23-20(27-18)14-8-13(3-4-15(14)21)24-9-12(19(22)26)7-17(24)25/h3-6,8,12H,7,9H2,1-2H3. The number of rotatable bonds is 3. The summed E-state index contributed by atoms with van der Waals surface area (Å²) in [4.78, 5) is 29.8. The maximum Gasteiger partial charge on any atom is 0.228 e. The third-order valence-corrected chi connectivity index (χ3v) is 5.40. The summed E-state index contributed by atoms with van der Waals surface area (Å²) in [5, 5.41) is -0.0267. The molecule has 0 N–H and O–H groups in total. The van der Waals surface area contributed by atoms with Crippen LogP contribution in [-0.2, 0) is 9.59 Å². The van der Waals surface area contributed by atoms with Gasteiger partial charge in [0.05, 0.1) is 16.5 Å². The first-order valence-electron chi connectivity index (χ1n) is 8.51. The van der Waals surface area contributed by atoms with Crippen LogP contribution < -0.4 is 4.90 Å². The van der Waals surface area contributed by atoms with E-state index in [1.54, 1.807) is 23.1 Å². The van der Waals surface area contributed by atoms with Crippen molar-refractivity contribution in [3.63, 3.8) is 0 Å². The van der Waals surface area contributed by atoms with Crippen LogP contribution in [0.2, 0.25) is 5.02 Å². The van der Waals surface area contributed by atoms with Crippen LogP contribution in [0.4, 0.5) is 5.69 Å². The van der Waals surface area contributed by atoms with Gasteiger partial charge in [-0.25, -0.2) is 4.98 Å². The monoisotopic (exact) mass is 402 g/mol. The molecule has 27 heavy (non-hydrogen) atoms. The molecule has 5 nitrogen and oxygen atoms in total. The average molecular weight is 403 g/mol. The molecule has 0 radical (unpaired) electrons. The van der Waals surface area contributed by atoms with Crippen molar-refractivity contribution in [2.75, 3.05) is 11.4 Å². The normalized spacial score (nSPS) is 17.1. The molecule has 4 rings (SSSR count). The molecule has 1 fully saturated rings. The van der Waals surface area contributed by atoms with E-state index in [9.17, 15) is 9.59 Å². The van der Waals surface area contributed by atoms with Crippen LogP contribution in [0.3, 0.4) is 0 Å². The van der Waals surface area contributed by atoms with Crippen molar-refractivity contribution in [3.8, 4) is 11.5 Å². The van der Waals surface area contributed by atoms with Gasteiger partial charge in [-0.3, -0.25) is 9.59 Å². The zero-order chi connectivity index (χ0) is 19.3. The fourth-order valence-electron chi connectivity index (χ4n) is 3.45. The van der Waals surface area contributed by atoms with Gasteiger partial charge in [0.2, 0.25) is 17.0 Å². The summed E-state index contributed by atoms with van der Waals surface area (Å²) in [6.45, 7) is 4.23. The largest absolute Gasteiger partial charge is 0.436 e. The molecular weight excluding hydrogens is 387 g/mol. The van der Waals surface area contributed by atoms with Crippen LogP contribution >= 0.6 is 23.2 Å². The van der Waals surface area contributed by atoms with Crippen LogP contribution in [0.1, 0.15) is 17.5 Å². The van der Waals surface area contributed by atoms with Gasteiger partial charge in [-0.1, -0.05) is 17.7 Å². The predicted molar refractivity (Wildman–Crippen MR) is 105 cm³/mol. The minimum Gasteiger partial charge on any atom is -0.436 e. The van der Waals surface area contributed by atoms with Crippen molar-refractivity contribution in [1.29, 1.82) is 0 Å². The number of fused-ring (bicyclic) bond motifs is 1. The molecule has 2 aromatic carbocycles. The molecule has 1 unspecified atom stereocenters. The third kappa shape index (κ3) is 3.22. The van der Waals surface area contributed by atoms with E-state index >= 15 is 0 Å². The molecule has 1 aliphatic rings. The van der Waals surface area contributed by atoms with Crippen LogP contribution in [0.5, 0.6) is 0 Å². The molecule has 3 aromatic rings. The Balaban J connectivity index is 1.77. The van der Waals surface area contributed by atoms with E-state index in [1.165, 1.54) is 0 Å². The van der Waals surface area contributed by atoms with Gasteiger partial charge in [-0.05, 0) is 60.8 Å². The lowest BCUT2D eigenvalue weighted by molar-refractivity contribution is -0.120. The molecule has 0 spiro atoms. The number of aromatic nitrogens is 1. The molecular formula is C20H16Cl2N2O3. The molecule has 1 amide bonds. The highest BCUT2D eigenvalue weighted by Gasteiger charge is 2.34. The van der Waals surface area contributed by atoms with Crippen molar-refractivity contribution in [3.05, 3.63) is 46.5 Å². The van der Waals surface area contributed by atoms with E-state index in [0.717, 1.165) is 16.6 Å². The smallest absolute Gasteiger partial charge is 0.228 e. The van der Waals surface area contributed by atoms with Gasteiger partial charge in [-0.15, -0.1) is 0 Å². The molecule has 138 valence electrons. The molecule has 1 atom stereocenters. The Kier molecular flexibility index (Phi) is 4.44. The molecule has 0 aliphatic carbocycles. The number of hydrogen-bond acceptors (Lipinski definition) is 4. The fourth-order valence-corrected chi connectivity index (χ4v) is 3.79. The van der Waals surface area contributed by atoms with E-state index in [0.29, 0.717) is 27.7 Å². The lowest BCUT2D eigenvalue weighted by Gasteiger charge is -2.17. The van der Waals surface area contributed by atoms with E-state index in [2.05, 4.69) is 4.98 Å². The van der Waals surface area contributed by atoms with Gasteiger partial charge in [-0.2, -0.15) is 0 Å². The summed E-state index contributed by atoms with van der Waals surface area (Å²) < 4.78 is 5.95. The molecule has 2 heterocycles. The van der Waals surface area contributed by atoms with Crippen LogP contribution in [0.15, 0.2) is 34.7 Å². The van der Waals surface area contributed by atoms with Crippen LogP contribution in [0.25, 0.3) is 22.6 Å². The summed E-state index contributed by atoms with van der Waals surface area (Å²) in [7, 11) is 0. The molecule has 1 aliphatic heterocycles. The number of carbonyl (C=O) groups excluding carboxylic acids is 2. The number of hydrogen-bond donors (Lipinski definition) is 0. The number of oxazole rings is 1. The van der Waals surface area contributed by atoms with Gasteiger partial charge in [0.15, 0.2) is 5.58 Å². The summed E-state index contributed by atoms with van der Waals surface area (Å²) in [5.41, 5.74) is 4.79. The minimum atomic E-state index is -0.496. The van der Waals surface area contributed by atoms with Crippen LogP contribution in [-0.4, -0.2) is 22.7 Å². The minimum absolute atomic E-state index is 0.113. The maximum atomic E-state index is 12.3. The Morgan fingerprint density at radius 1 is 1.26 bits per heavy atom. The van der Waals surface area contributed by atoms with E-state index in [-0.39, 0.29) is 18.9 Å². The first-order chi connectivity index (χ1) is 12.8. The molecule has 0 bridgehead atoms. The predicted octanol–water partition coefficient (Wildman–Crippen LogP) is 4.88. The number of aryl methyl sites for hydroxylation is 2. The van der Waals surface area contributed by atoms with Gasteiger partial charge in [0.25, 0.3) is 0 Å². The van der Waals surface area contributed by atoms with Crippen molar-refractivity contribution in [2.45, 2.75) is 20.3 Å². The highest BCUT2D eigenvalue weighted by molar-refractivity contribution is 6.64. The van der Waals surface area contributed by atoms with E-state index < -0.39 is 11.2 Å². The first-order valence-corrected chi connectivity index (χ1v) is 9.26. The molecule has 7 heteroatoms. The Hall–Kier alpha value is -2.37. The summed E-state index contributed by atoms with van der Waals surface area (Å²) in [6, 6.07) is 9.18. The second-order valence-corrected chi connectivity index (χ2v) is 7.60. The molecule has 0 saturated carbocycles. The topological polar surface area (TPSA) is 63.4 Å². The van der Waals surface area contributed by atoms with Crippen molar-refractivity contribution < 1.29 is 14.0 Å². The zero-order valence-corrected chi connectivity index (χ0v) is 16.3. The lowest BCUT2D eigenvalue weighted by Crippen LogP contribution is -2.25. The van der Waals surface area contributed by atoms with Crippen molar-refractivity contribution in [2.24, 2.45) is 5.92 Å². The summed E-state index contributed by atoms with van der Waals surface area (Å²) in [6.07, 6.45) is 0.113. The van der Waals surface area contributed by atoms with E-state index in [1.807, 2.05) is 26.0 Å². The number of benzene rings is 2. The summed E-state index contributed by atoms with van der Waals surface area (Å²) in [5.74, 6) is -0.248. The SMILES string of the molecule is Cc1cc(C)c2oc(-c3cc(N4CC(C(=O)Cl)CC4=O)ccc3Cl)nc2c1. The number of amides is 1. The van der Waals surface area contributed by atoms with Crippen molar-refractivity contribution >= 4 is 51.1 Å². The molecule has 1 aromatic heterocycles. The Labute approximate surface area is 165 Å². The zero-order valence-electron chi connectivity index (χ0n) is 14.8. The van der Waals surface area contributed by atoms with Crippen LogP contribution in [0, 0.1) is 19.8 Å². The first kappa shape index (κ1) is 18.0. The van der Waals surface area contributed by atoms with Gasteiger partial charge >= 0.3 is 0 Å². The quantitative estimate of drug-likeness (QED) is 0.585.